The zero-order valence-corrected chi connectivity index (χ0v) is 21.7. The number of hydrogen-bond donors (Lipinski definition) is 2. The van der Waals surface area contributed by atoms with Crippen molar-refractivity contribution in [3.63, 3.8) is 0 Å². The SMILES string of the molecule is CCN1CCN(CC)CCN(CC(O)N(Cc2ccccc2)C[P+](=O)O)CCN(CC)CC1. The molecular formula is C24H45N5O3P+. The van der Waals surface area contributed by atoms with Gasteiger partial charge in [0.15, 0.2) is 0 Å². The molecule has 1 aliphatic heterocycles. The molecule has 2 unspecified atom stereocenters. The van der Waals surface area contributed by atoms with Crippen LogP contribution in [0.1, 0.15) is 26.3 Å². The smallest absolute Gasteiger partial charge is 0.377 e. The molecule has 1 aromatic rings. The maximum absolute atomic E-state index is 11.6. The molecule has 0 radical (unpaired) electrons. The fourth-order valence-corrected chi connectivity index (χ4v) is 4.88. The predicted octanol–water partition coefficient (Wildman–Crippen LogP) is 1.78. The summed E-state index contributed by atoms with van der Waals surface area (Å²) >= 11 is 0. The van der Waals surface area contributed by atoms with Crippen molar-refractivity contribution in [2.45, 2.75) is 33.5 Å². The monoisotopic (exact) mass is 482 g/mol. The van der Waals surface area contributed by atoms with Crippen molar-refractivity contribution < 1.29 is 14.6 Å². The van der Waals surface area contributed by atoms with E-state index in [1.165, 1.54) is 0 Å². The molecule has 1 heterocycles. The molecule has 9 heteroatoms. The van der Waals surface area contributed by atoms with Crippen molar-refractivity contribution in [2.75, 3.05) is 84.8 Å². The van der Waals surface area contributed by atoms with Crippen LogP contribution in [0.5, 0.6) is 0 Å². The van der Waals surface area contributed by atoms with Gasteiger partial charge in [-0.05, 0) is 29.8 Å². The standard InChI is InChI=1S/C24H44N5O3P/c1-4-25-12-14-26(5-2)16-18-28(19-17-27(6-3)15-13-25)21-24(30)29(22-33(31)32)20-23-10-8-7-9-11-23/h7-11,24,30H,4-6,12-22H2,1-3H3/p+1. The minimum Gasteiger partial charge on any atom is -0.377 e. The second-order valence-electron chi connectivity index (χ2n) is 8.81. The van der Waals surface area contributed by atoms with Crippen molar-refractivity contribution in [2.24, 2.45) is 0 Å². The molecule has 8 nitrogen and oxygen atoms in total. The first-order chi connectivity index (χ1) is 15.9. The Labute approximate surface area is 201 Å². The third-order valence-corrected chi connectivity index (χ3v) is 7.25. The van der Waals surface area contributed by atoms with Crippen molar-refractivity contribution in [3.8, 4) is 0 Å². The van der Waals surface area contributed by atoms with Crippen LogP contribution in [0.2, 0.25) is 0 Å². The van der Waals surface area contributed by atoms with E-state index in [0.717, 1.165) is 77.6 Å². The lowest BCUT2D eigenvalue weighted by atomic mass is 10.2. The third-order valence-electron chi connectivity index (χ3n) is 6.65. The molecule has 33 heavy (non-hydrogen) atoms. The van der Waals surface area contributed by atoms with Gasteiger partial charge < -0.3 is 19.8 Å². The van der Waals surface area contributed by atoms with Gasteiger partial charge in [0.05, 0.1) is 0 Å². The molecule has 2 rings (SSSR count). The molecule has 0 bridgehead atoms. The number of likely N-dealkylation sites (N-methyl/N-ethyl adjacent to an activating group) is 3. The first-order valence-corrected chi connectivity index (χ1v) is 13.8. The summed E-state index contributed by atoms with van der Waals surface area (Å²) in [5, 5.41) is 11.1. The van der Waals surface area contributed by atoms with Crippen molar-refractivity contribution in [1.82, 2.24) is 24.5 Å². The van der Waals surface area contributed by atoms with E-state index in [9.17, 15) is 14.6 Å². The summed E-state index contributed by atoms with van der Waals surface area (Å²) in [6, 6.07) is 9.82. The quantitative estimate of drug-likeness (QED) is 0.386. The van der Waals surface area contributed by atoms with Crippen LogP contribution in [0, 0.1) is 0 Å². The van der Waals surface area contributed by atoms with Crippen LogP contribution in [0.4, 0.5) is 0 Å². The minimum absolute atomic E-state index is 0.0335. The van der Waals surface area contributed by atoms with Gasteiger partial charge in [0, 0.05) is 65.4 Å². The van der Waals surface area contributed by atoms with Gasteiger partial charge >= 0.3 is 8.03 Å². The molecule has 2 atom stereocenters. The van der Waals surface area contributed by atoms with Crippen LogP contribution in [-0.4, -0.2) is 126 Å². The van der Waals surface area contributed by atoms with Crippen molar-refractivity contribution in [3.05, 3.63) is 35.9 Å². The number of aliphatic hydroxyl groups excluding tert-OH is 1. The number of hydrogen-bond acceptors (Lipinski definition) is 7. The predicted molar refractivity (Wildman–Crippen MR) is 135 cm³/mol. The number of benzene rings is 1. The average molecular weight is 483 g/mol. The largest absolute Gasteiger partial charge is 0.521 e. The van der Waals surface area contributed by atoms with Crippen LogP contribution in [0.25, 0.3) is 0 Å². The summed E-state index contributed by atoms with van der Waals surface area (Å²) in [4.78, 5) is 21.1. The fraction of sp³-hybridized carbons (Fsp3) is 0.750. The van der Waals surface area contributed by atoms with E-state index in [0.29, 0.717) is 13.1 Å². The molecule has 1 fully saturated rings. The number of rotatable bonds is 10. The van der Waals surface area contributed by atoms with Crippen LogP contribution >= 0.6 is 8.03 Å². The first-order valence-electron chi connectivity index (χ1n) is 12.4. The minimum atomic E-state index is -2.36. The molecule has 0 amide bonds. The summed E-state index contributed by atoms with van der Waals surface area (Å²) in [7, 11) is -2.36. The molecule has 0 spiro atoms. The van der Waals surface area contributed by atoms with Crippen LogP contribution in [0.3, 0.4) is 0 Å². The van der Waals surface area contributed by atoms with E-state index in [1.807, 2.05) is 30.3 Å². The van der Waals surface area contributed by atoms with E-state index in [-0.39, 0.29) is 6.29 Å². The summed E-state index contributed by atoms with van der Waals surface area (Å²) < 4.78 is 11.6. The molecule has 1 saturated heterocycles. The Hall–Kier alpha value is -0.960. The Balaban J connectivity index is 2.06. The summed E-state index contributed by atoms with van der Waals surface area (Å²) in [5.41, 5.74) is 1.02. The zero-order valence-electron chi connectivity index (χ0n) is 20.8. The lowest BCUT2D eigenvalue weighted by molar-refractivity contribution is -0.0197. The van der Waals surface area contributed by atoms with Crippen LogP contribution in [-0.2, 0) is 11.1 Å². The van der Waals surface area contributed by atoms with Gasteiger partial charge in [-0.2, -0.15) is 4.89 Å². The number of aliphatic hydroxyl groups is 1. The summed E-state index contributed by atoms with van der Waals surface area (Å²) in [6.07, 6.45) is -0.834. The molecule has 1 aliphatic rings. The van der Waals surface area contributed by atoms with Crippen molar-refractivity contribution >= 4 is 8.03 Å². The Bertz CT molecular complexity index is 649. The van der Waals surface area contributed by atoms with Gasteiger partial charge in [-0.15, -0.1) is 0 Å². The Morgan fingerprint density at radius 1 is 0.818 bits per heavy atom. The van der Waals surface area contributed by atoms with Gasteiger partial charge in [0.25, 0.3) is 0 Å². The van der Waals surface area contributed by atoms with E-state index in [2.05, 4.69) is 40.4 Å². The Morgan fingerprint density at radius 3 is 1.64 bits per heavy atom. The Morgan fingerprint density at radius 2 is 1.24 bits per heavy atom. The van der Waals surface area contributed by atoms with Gasteiger partial charge in [0.1, 0.15) is 6.23 Å². The number of nitrogens with zero attached hydrogens (tertiary/aromatic N) is 5. The first kappa shape index (κ1) is 28.3. The fourth-order valence-electron chi connectivity index (χ4n) is 4.28. The normalized spacial score (nSPS) is 20.4. The van der Waals surface area contributed by atoms with E-state index in [1.54, 1.807) is 4.90 Å². The summed E-state index contributed by atoms with van der Waals surface area (Å²) in [6.45, 7) is 18.6. The van der Waals surface area contributed by atoms with Gasteiger partial charge in [-0.1, -0.05) is 51.1 Å². The number of β-amino-alcohol motifs (C(OH)–C–C–N with tert-alkyl or cyclic N) is 1. The second-order valence-corrected chi connectivity index (χ2v) is 9.80. The third kappa shape index (κ3) is 10.9. The molecular weight excluding hydrogens is 437 g/mol. The summed E-state index contributed by atoms with van der Waals surface area (Å²) in [5.74, 6) is 0. The Kier molecular flexibility index (Phi) is 13.6. The van der Waals surface area contributed by atoms with E-state index < -0.39 is 14.3 Å². The van der Waals surface area contributed by atoms with Gasteiger partial charge in [-0.25, -0.2) is 4.90 Å². The average Bonchev–Trinajstić information content (AvgIpc) is 2.81. The topological polar surface area (TPSA) is 73.7 Å². The van der Waals surface area contributed by atoms with Gasteiger partial charge in [0.2, 0.25) is 6.29 Å². The lowest BCUT2D eigenvalue weighted by Gasteiger charge is -2.35. The molecule has 2 N–H and O–H groups in total. The molecule has 1 aromatic carbocycles. The highest BCUT2D eigenvalue weighted by Gasteiger charge is 2.27. The highest BCUT2D eigenvalue weighted by Crippen LogP contribution is 2.19. The second kappa shape index (κ2) is 15.8. The van der Waals surface area contributed by atoms with Crippen LogP contribution in [0.15, 0.2) is 30.3 Å². The van der Waals surface area contributed by atoms with E-state index >= 15 is 0 Å². The maximum atomic E-state index is 11.6. The highest BCUT2D eigenvalue weighted by atomic mass is 31.1. The maximum Gasteiger partial charge on any atom is 0.521 e. The molecule has 0 saturated carbocycles. The van der Waals surface area contributed by atoms with E-state index in [4.69, 9.17) is 0 Å². The van der Waals surface area contributed by atoms with Gasteiger partial charge in [-0.3, -0.25) is 4.90 Å². The zero-order chi connectivity index (χ0) is 24.1. The molecule has 188 valence electrons. The molecule has 0 aliphatic carbocycles. The van der Waals surface area contributed by atoms with Crippen LogP contribution < -0.4 is 0 Å². The van der Waals surface area contributed by atoms with Crippen molar-refractivity contribution in [1.29, 1.82) is 0 Å². The molecule has 0 aromatic heterocycles. The lowest BCUT2D eigenvalue weighted by Crippen LogP contribution is -2.49. The highest BCUT2D eigenvalue weighted by molar-refractivity contribution is 7.37.